The molecule has 1 aliphatic carbocycles. The van der Waals surface area contributed by atoms with Gasteiger partial charge in [0.1, 0.15) is 0 Å². The van der Waals surface area contributed by atoms with Crippen LogP contribution < -0.4 is 16.6 Å². The lowest BCUT2D eigenvalue weighted by Crippen LogP contribution is -2.43. The number of nitrogens with zero attached hydrogens (tertiary/aromatic N) is 1. The van der Waals surface area contributed by atoms with E-state index in [1.807, 2.05) is 12.4 Å². The summed E-state index contributed by atoms with van der Waals surface area (Å²) in [5.41, 5.74) is 14.3. The quantitative estimate of drug-likeness (QED) is 0.650. The first-order chi connectivity index (χ1) is 7.86. The van der Waals surface area contributed by atoms with Crippen molar-refractivity contribution in [1.82, 2.24) is 15.8 Å². The lowest BCUT2D eigenvalue weighted by atomic mass is 9.76. The minimum atomic E-state index is 0.305. The van der Waals surface area contributed by atoms with Crippen molar-refractivity contribution in [3.05, 3.63) is 30.1 Å². The highest BCUT2D eigenvalue weighted by Crippen LogP contribution is 2.36. The van der Waals surface area contributed by atoms with Crippen molar-refractivity contribution in [2.75, 3.05) is 0 Å². The number of nitrogens with two attached hydrogens (primary N) is 1. The van der Waals surface area contributed by atoms with E-state index in [1.54, 1.807) is 0 Å². The number of pyridine rings is 1. The highest BCUT2D eigenvalue weighted by Gasteiger charge is 2.42. The van der Waals surface area contributed by atoms with E-state index in [-0.39, 0.29) is 0 Å². The molecule has 4 N–H and O–H groups in total. The normalized spacial score (nSPS) is 38.3. The standard InChI is InChI=1S/C12H18N4/c13-9-2-1-3-10-11(9)12(16-15-10)8-4-6-14-7-5-8/h4-7,9-12,15-16H,1-3,13H2. The summed E-state index contributed by atoms with van der Waals surface area (Å²) in [6.07, 6.45) is 7.30. The van der Waals surface area contributed by atoms with E-state index in [4.69, 9.17) is 5.73 Å². The molecular weight excluding hydrogens is 200 g/mol. The van der Waals surface area contributed by atoms with Crippen molar-refractivity contribution >= 4 is 0 Å². The molecule has 0 bridgehead atoms. The molecule has 3 rings (SSSR count). The third-order valence-electron chi connectivity index (χ3n) is 3.89. The van der Waals surface area contributed by atoms with Crippen LogP contribution in [0.25, 0.3) is 0 Å². The summed E-state index contributed by atoms with van der Waals surface area (Å²) < 4.78 is 0. The van der Waals surface area contributed by atoms with Crippen LogP contribution in [-0.4, -0.2) is 17.1 Å². The topological polar surface area (TPSA) is 63.0 Å². The van der Waals surface area contributed by atoms with Crippen molar-refractivity contribution in [3.8, 4) is 0 Å². The SMILES string of the molecule is NC1CCCC2NNC(c3ccncc3)C12. The van der Waals surface area contributed by atoms with Crippen molar-refractivity contribution in [2.45, 2.75) is 37.4 Å². The third-order valence-corrected chi connectivity index (χ3v) is 3.89. The maximum atomic E-state index is 6.25. The Balaban J connectivity index is 1.86. The molecule has 1 aromatic heterocycles. The monoisotopic (exact) mass is 218 g/mol. The molecule has 0 aromatic carbocycles. The first kappa shape index (κ1) is 10.2. The van der Waals surface area contributed by atoms with Gasteiger partial charge in [-0.05, 0) is 30.5 Å². The fourth-order valence-corrected chi connectivity index (χ4v) is 3.07. The molecule has 1 saturated carbocycles. The molecule has 0 amide bonds. The molecule has 1 aliphatic heterocycles. The molecule has 4 nitrogen and oxygen atoms in total. The van der Waals surface area contributed by atoms with Gasteiger partial charge >= 0.3 is 0 Å². The van der Waals surface area contributed by atoms with E-state index in [9.17, 15) is 0 Å². The Labute approximate surface area is 95.6 Å². The highest BCUT2D eigenvalue weighted by molar-refractivity contribution is 5.19. The number of hydrogen-bond donors (Lipinski definition) is 3. The smallest absolute Gasteiger partial charge is 0.0521 e. The number of hydrazine groups is 1. The van der Waals surface area contributed by atoms with Gasteiger partial charge in [0.15, 0.2) is 0 Å². The maximum Gasteiger partial charge on any atom is 0.0521 e. The molecule has 4 unspecified atom stereocenters. The molecule has 4 atom stereocenters. The summed E-state index contributed by atoms with van der Waals surface area (Å²) >= 11 is 0. The Hall–Kier alpha value is -0.970. The second kappa shape index (κ2) is 4.13. The molecule has 86 valence electrons. The van der Waals surface area contributed by atoms with Gasteiger partial charge in [-0.3, -0.25) is 10.4 Å². The van der Waals surface area contributed by atoms with Gasteiger partial charge in [0, 0.05) is 30.4 Å². The Kier molecular flexibility index (Phi) is 2.63. The van der Waals surface area contributed by atoms with Crippen LogP contribution in [0.15, 0.2) is 24.5 Å². The zero-order valence-corrected chi connectivity index (χ0v) is 9.26. The van der Waals surface area contributed by atoms with E-state index in [0.717, 1.165) is 6.42 Å². The van der Waals surface area contributed by atoms with Crippen molar-refractivity contribution < 1.29 is 0 Å². The van der Waals surface area contributed by atoms with Gasteiger partial charge in [-0.25, -0.2) is 5.43 Å². The van der Waals surface area contributed by atoms with E-state index in [1.165, 1.54) is 18.4 Å². The van der Waals surface area contributed by atoms with Crippen LogP contribution in [0.1, 0.15) is 30.9 Å². The second-order valence-corrected chi connectivity index (χ2v) is 4.83. The fourth-order valence-electron chi connectivity index (χ4n) is 3.07. The lowest BCUT2D eigenvalue weighted by Gasteiger charge is -2.33. The largest absolute Gasteiger partial charge is 0.327 e. The van der Waals surface area contributed by atoms with Crippen LogP contribution in [-0.2, 0) is 0 Å². The fraction of sp³-hybridized carbons (Fsp3) is 0.583. The molecule has 2 fully saturated rings. The van der Waals surface area contributed by atoms with Crippen LogP contribution in [0, 0.1) is 5.92 Å². The Morgan fingerprint density at radius 1 is 1.19 bits per heavy atom. The van der Waals surface area contributed by atoms with Crippen LogP contribution in [0.4, 0.5) is 0 Å². The molecule has 0 radical (unpaired) electrons. The molecule has 1 saturated heterocycles. The molecule has 2 aliphatic rings. The molecule has 16 heavy (non-hydrogen) atoms. The van der Waals surface area contributed by atoms with Crippen molar-refractivity contribution in [2.24, 2.45) is 11.7 Å². The Morgan fingerprint density at radius 3 is 2.81 bits per heavy atom. The van der Waals surface area contributed by atoms with E-state index >= 15 is 0 Å². The average Bonchev–Trinajstić information content (AvgIpc) is 2.75. The number of rotatable bonds is 1. The second-order valence-electron chi connectivity index (χ2n) is 4.83. The van der Waals surface area contributed by atoms with Gasteiger partial charge < -0.3 is 5.73 Å². The van der Waals surface area contributed by atoms with Gasteiger partial charge in [0.2, 0.25) is 0 Å². The zero-order chi connectivity index (χ0) is 11.0. The number of fused-ring (bicyclic) bond motifs is 1. The van der Waals surface area contributed by atoms with Crippen LogP contribution >= 0.6 is 0 Å². The summed E-state index contributed by atoms with van der Waals surface area (Å²) in [6, 6.07) is 5.32. The van der Waals surface area contributed by atoms with Gasteiger partial charge in [0.05, 0.1) is 6.04 Å². The first-order valence-corrected chi connectivity index (χ1v) is 6.03. The predicted octanol–water partition coefficient (Wildman–Crippen LogP) is 0.727. The third kappa shape index (κ3) is 1.63. The highest BCUT2D eigenvalue weighted by atomic mass is 15.4. The van der Waals surface area contributed by atoms with Gasteiger partial charge in [-0.15, -0.1) is 0 Å². The molecule has 1 aromatic rings. The minimum Gasteiger partial charge on any atom is -0.327 e. The molecule has 2 heterocycles. The van der Waals surface area contributed by atoms with E-state index in [0.29, 0.717) is 24.0 Å². The summed E-state index contributed by atoms with van der Waals surface area (Å²) in [5.74, 6) is 0.510. The number of hydrogen-bond acceptors (Lipinski definition) is 4. The van der Waals surface area contributed by atoms with Crippen LogP contribution in [0.3, 0.4) is 0 Å². The predicted molar refractivity (Wildman–Crippen MR) is 62.4 cm³/mol. The van der Waals surface area contributed by atoms with E-state index < -0.39 is 0 Å². The Bertz CT molecular complexity index is 353. The summed E-state index contributed by atoms with van der Waals surface area (Å²) in [7, 11) is 0. The summed E-state index contributed by atoms with van der Waals surface area (Å²) in [5, 5.41) is 0. The summed E-state index contributed by atoms with van der Waals surface area (Å²) in [6.45, 7) is 0. The summed E-state index contributed by atoms with van der Waals surface area (Å²) in [4.78, 5) is 4.06. The number of aromatic nitrogens is 1. The van der Waals surface area contributed by atoms with Crippen LogP contribution in [0.2, 0.25) is 0 Å². The van der Waals surface area contributed by atoms with Crippen molar-refractivity contribution in [1.29, 1.82) is 0 Å². The van der Waals surface area contributed by atoms with Gasteiger partial charge in [-0.1, -0.05) is 6.42 Å². The van der Waals surface area contributed by atoms with Crippen molar-refractivity contribution in [3.63, 3.8) is 0 Å². The minimum absolute atomic E-state index is 0.305. The maximum absolute atomic E-state index is 6.25. The van der Waals surface area contributed by atoms with Gasteiger partial charge in [0.25, 0.3) is 0 Å². The Morgan fingerprint density at radius 2 is 2.00 bits per heavy atom. The van der Waals surface area contributed by atoms with Crippen LogP contribution in [0.5, 0.6) is 0 Å². The lowest BCUT2D eigenvalue weighted by molar-refractivity contribution is 0.265. The first-order valence-electron chi connectivity index (χ1n) is 6.03. The zero-order valence-electron chi connectivity index (χ0n) is 9.26. The molecular formula is C12H18N4. The number of nitrogens with one attached hydrogen (secondary N) is 2. The van der Waals surface area contributed by atoms with Gasteiger partial charge in [-0.2, -0.15) is 0 Å². The molecule has 0 spiro atoms. The van der Waals surface area contributed by atoms with E-state index in [2.05, 4.69) is 28.0 Å². The molecule has 4 heteroatoms. The average molecular weight is 218 g/mol.